The molecular formula is C24H29N3O2. The molecule has 1 aromatic heterocycles. The third kappa shape index (κ3) is 6.28. The Balaban J connectivity index is 1.81. The molecule has 29 heavy (non-hydrogen) atoms. The fourth-order valence-corrected chi connectivity index (χ4v) is 3.25. The van der Waals surface area contributed by atoms with Crippen molar-refractivity contribution in [3.05, 3.63) is 77.3 Å². The molecule has 1 aromatic carbocycles. The van der Waals surface area contributed by atoms with E-state index < -0.39 is 0 Å². The van der Waals surface area contributed by atoms with E-state index in [2.05, 4.69) is 41.3 Å². The minimum Gasteiger partial charge on any atom is -0.478 e. The van der Waals surface area contributed by atoms with E-state index in [1.54, 1.807) is 6.20 Å². The number of benzene rings is 1. The summed E-state index contributed by atoms with van der Waals surface area (Å²) in [6, 6.07) is 9.75. The number of aryl methyl sites for hydroxylation is 1. The molecule has 0 spiro atoms. The smallest absolute Gasteiger partial charge is 0.250 e. The molecule has 5 nitrogen and oxygen atoms in total. The van der Waals surface area contributed by atoms with Crippen molar-refractivity contribution in [1.82, 2.24) is 9.78 Å². The van der Waals surface area contributed by atoms with Gasteiger partial charge in [0.25, 0.3) is 5.91 Å². The number of aromatic nitrogens is 2. The highest BCUT2D eigenvalue weighted by Crippen LogP contribution is 2.20. The molecule has 1 amide bonds. The van der Waals surface area contributed by atoms with E-state index >= 15 is 0 Å². The lowest BCUT2D eigenvalue weighted by molar-refractivity contribution is -0.117. The normalized spacial score (nSPS) is 14.3. The van der Waals surface area contributed by atoms with Gasteiger partial charge in [-0.3, -0.25) is 4.79 Å². The van der Waals surface area contributed by atoms with Gasteiger partial charge in [0.15, 0.2) is 0 Å². The number of carbonyl (C=O) groups excluding carboxylic acids is 1. The summed E-state index contributed by atoms with van der Waals surface area (Å²) in [5.41, 5.74) is 2.10. The molecule has 0 bridgehead atoms. The molecular weight excluding hydrogens is 362 g/mol. The van der Waals surface area contributed by atoms with Crippen molar-refractivity contribution in [2.75, 3.05) is 6.61 Å². The standard InChI is InChI=1S/C24H29N3O2/c1-3-4-8-14-29-24-17-21(18-25-27(24)22-12-6-5-7-13-22)26-23(28)16-20-11-9-10-19(2)15-20/h6-7,9-13,15,17-18,22H,3-5,8,14,16H2,1-2H3. The summed E-state index contributed by atoms with van der Waals surface area (Å²) >= 11 is 0. The fourth-order valence-electron chi connectivity index (χ4n) is 3.25. The minimum atomic E-state index is -0.190. The van der Waals surface area contributed by atoms with Gasteiger partial charge >= 0.3 is 0 Å². The summed E-state index contributed by atoms with van der Waals surface area (Å²) < 4.78 is 7.85. The van der Waals surface area contributed by atoms with Crippen LogP contribution < -0.4 is 10.1 Å². The average Bonchev–Trinajstić information content (AvgIpc) is 2.72. The number of allylic oxidation sites excluding steroid dienone is 4. The third-order valence-corrected chi connectivity index (χ3v) is 4.72. The molecule has 0 N–H and O–H groups in total. The van der Waals surface area contributed by atoms with Gasteiger partial charge in [0, 0.05) is 6.07 Å². The van der Waals surface area contributed by atoms with E-state index in [1.807, 2.05) is 41.9 Å². The van der Waals surface area contributed by atoms with Crippen LogP contribution in [0, 0.1) is 6.92 Å². The molecule has 0 aliphatic heterocycles. The van der Waals surface area contributed by atoms with Gasteiger partial charge in [0.1, 0.15) is 0 Å². The van der Waals surface area contributed by atoms with Crippen LogP contribution >= 0.6 is 0 Å². The van der Waals surface area contributed by atoms with Crippen LogP contribution in [0.2, 0.25) is 0 Å². The zero-order chi connectivity index (χ0) is 20.5. The summed E-state index contributed by atoms with van der Waals surface area (Å²) in [6.07, 6.45) is 14.5. The summed E-state index contributed by atoms with van der Waals surface area (Å²) in [5, 5.41) is 5.04. The Hall–Kier alpha value is -2.95. The highest BCUT2D eigenvalue weighted by molar-refractivity contribution is 5.79. The van der Waals surface area contributed by atoms with Gasteiger partial charge < -0.3 is 4.74 Å². The maximum Gasteiger partial charge on any atom is 0.250 e. The maximum atomic E-state index is 12.4. The van der Waals surface area contributed by atoms with Gasteiger partial charge in [0.05, 0.1) is 30.6 Å². The zero-order valence-electron chi connectivity index (χ0n) is 17.3. The quantitative estimate of drug-likeness (QED) is 0.492. The predicted molar refractivity (Wildman–Crippen MR) is 115 cm³/mol. The first-order valence-electron chi connectivity index (χ1n) is 10.3. The Morgan fingerprint density at radius 2 is 2.07 bits per heavy atom. The number of unbranched alkanes of at least 4 members (excludes halogenated alkanes) is 2. The zero-order valence-corrected chi connectivity index (χ0v) is 17.3. The first kappa shape index (κ1) is 20.8. The molecule has 0 atom stereocenters. The van der Waals surface area contributed by atoms with Gasteiger partial charge in [-0.1, -0.05) is 73.9 Å². The number of hydrogen-bond acceptors (Lipinski definition) is 3. The summed E-state index contributed by atoms with van der Waals surface area (Å²) in [7, 11) is 0. The highest BCUT2D eigenvalue weighted by Gasteiger charge is 2.12. The average molecular weight is 392 g/mol. The summed E-state index contributed by atoms with van der Waals surface area (Å²) in [5.74, 6) is 0.441. The van der Waals surface area contributed by atoms with Gasteiger partial charge in [-0.15, -0.1) is 0 Å². The van der Waals surface area contributed by atoms with Crippen LogP contribution in [0.15, 0.2) is 65.8 Å². The molecule has 1 heterocycles. The number of amides is 1. The SMILES string of the molecule is CCCCCOc1cc(=NC(=O)Cc2cccc(C)c2)cnn1C1C=CCC=C1. The molecule has 152 valence electrons. The van der Waals surface area contributed by atoms with Crippen LogP contribution in [0.25, 0.3) is 0 Å². The van der Waals surface area contributed by atoms with E-state index in [0.717, 1.165) is 36.8 Å². The summed E-state index contributed by atoms with van der Waals surface area (Å²) in [6.45, 7) is 4.80. The Labute approximate surface area is 172 Å². The predicted octanol–water partition coefficient (Wildman–Crippen LogP) is 4.49. The van der Waals surface area contributed by atoms with Crippen molar-refractivity contribution in [3.63, 3.8) is 0 Å². The minimum absolute atomic E-state index is 0.0157. The van der Waals surface area contributed by atoms with Crippen molar-refractivity contribution >= 4 is 5.91 Å². The first-order valence-corrected chi connectivity index (χ1v) is 10.3. The van der Waals surface area contributed by atoms with Gasteiger partial charge in [-0.05, 0) is 25.3 Å². The second-order valence-electron chi connectivity index (χ2n) is 7.31. The van der Waals surface area contributed by atoms with E-state index in [4.69, 9.17) is 4.74 Å². The number of carbonyl (C=O) groups is 1. The number of ether oxygens (including phenoxy) is 1. The van der Waals surface area contributed by atoms with Gasteiger partial charge in [-0.25, -0.2) is 9.67 Å². The van der Waals surface area contributed by atoms with E-state index in [1.165, 1.54) is 0 Å². The van der Waals surface area contributed by atoms with Crippen LogP contribution in [0.5, 0.6) is 5.88 Å². The summed E-state index contributed by atoms with van der Waals surface area (Å²) in [4.78, 5) is 16.7. The molecule has 0 saturated carbocycles. The van der Waals surface area contributed by atoms with Crippen LogP contribution in [0.3, 0.4) is 0 Å². The Kier molecular flexibility index (Phi) is 7.56. The Morgan fingerprint density at radius 3 is 2.83 bits per heavy atom. The van der Waals surface area contributed by atoms with Crippen molar-refractivity contribution in [3.8, 4) is 5.88 Å². The molecule has 1 aliphatic rings. The molecule has 0 radical (unpaired) electrons. The van der Waals surface area contributed by atoms with Crippen LogP contribution in [-0.2, 0) is 11.2 Å². The maximum absolute atomic E-state index is 12.4. The fraction of sp³-hybridized carbons (Fsp3) is 0.375. The second kappa shape index (κ2) is 10.6. The highest BCUT2D eigenvalue weighted by atomic mass is 16.5. The van der Waals surface area contributed by atoms with Gasteiger partial charge in [0.2, 0.25) is 5.88 Å². The topological polar surface area (TPSA) is 56.5 Å². The first-order chi connectivity index (χ1) is 14.2. The van der Waals surface area contributed by atoms with Crippen molar-refractivity contribution in [2.45, 2.75) is 52.0 Å². The number of nitrogens with zero attached hydrogens (tertiary/aromatic N) is 3. The van der Waals surface area contributed by atoms with E-state index in [9.17, 15) is 4.79 Å². The number of hydrogen-bond donors (Lipinski definition) is 0. The molecule has 0 saturated heterocycles. The van der Waals surface area contributed by atoms with E-state index in [0.29, 0.717) is 17.8 Å². The molecule has 0 unspecified atom stereocenters. The molecule has 2 aromatic rings. The lowest BCUT2D eigenvalue weighted by Crippen LogP contribution is -2.19. The Bertz CT molecular complexity index is 945. The molecule has 1 aliphatic carbocycles. The molecule has 3 rings (SSSR count). The van der Waals surface area contributed by atoms with Crippen molar-refractivity contribution in [1.29, 1.82) is 0 Å². The largest absolute Gasteiger partial charge is 0.478 e. The van der Waals surface area contributed by atoms with Crippen LogP contribution in [0.1, 0.15) is 49.8 Å². The molecule has 0 fully saturated rings. The second-order valence-corrected chi connectivity index (χ2v) is 7.31. The van der Waals surface area contributed by atoms with Gasteiger partial charge in [-0.2, -0.15) is 5.10 Å². The lowest BCUT2D eigenvalue weighted by Gasteiger charge is -2.18. The van der Waals surface area contributed by atoms with Crippen LogP contribution in [0.4, 0.5) is 0 Å². The van der Waals surface area contributed by atoms with Crippen molar-refractivity contribution in [2.24, 2.45) is 4.99 Å². The third-order valence-electron chi connectivity index (χ3n) is 4.72. The van der Waals surface area contributed by atoms with E-state index in [-0.39, 0.29) is 18.4 Å². The monoisotopic (exact) mass is 391 g/mol. The molecule has 5 heteroatoms. The van der Waals surface area contributed by atoms with Crippen molar-refractivity contribution < 1.29 is 9.53 Å². The number of rotatable bonds is 8. The van der Waals surface area contributed by atoms with Crippen LogP contribution in [-0.4, -0.2) is 22.3 Å². The Morgan fingerprint density at radius 1 is 1.24 bits per heavy atom. The lowest BCUT2D eigenvalue weighted by atomic mass is 10.1.